The van der Waals surface area contributed by atoms with E-state index < -0.39 is 0 Å². The van der Waals surface area contributed by atoms with Gasteiger partial charge in [-0.3, -0.25) is 4.79 Å². The predicted octanol–water partition coefficient (Wildman–Crippen LogP) is 4.04. The number of benzene rings is 1. The van der Waals surface area contributed by atoms with E-state index in [1.165, 1.54) is 0 Å². The number of hydrogen-bond acceptors (Lipinski definition) is 2. The maximum Gasteiger partial charge on any atom is 0.251 e. The Morgan fingerprint density at radius 2 is 1.92 bits per heavy atom. The lowest BCUT2D eigenvalue weighted by atomic mass is 9.93. The quantitative estimate of drug-likeness (QED) is 0.753. The third-order valence-electron chi connectivity index (χ3n) is 3.76. The van der Waals surface area contributed by atoms with Crippen LogP contribution in [0.1, 0.15) is 39.3 Å². The first-order valence-corrected chi connectivity index (χ1v) is 8.70. The Labute approximate surface area is 158 Å². The van der Waals surface area contributed by atoms with Crippen molar-refractivity contribution in [3.8, 4) is 0 Å². The SMILES string of the molecule is CC1=C(C(=O)NC(C)(C)C)C(c2ccc(Cl)c(Cl)c2)NC(=S)N1C. The summed E-state index contributed by atoms with van der Waals surface area (Å²) < 4.78 is 0. The molecule has 130 valence electrons. The summed E-state index contributed by atoms with van der Waals surface area (Å²) in [6, 6.07) is 4.94. The van der Waals surface area contributed by atoms with Crippen molar-refractivity contribution in [1.82, 2.24) is 15.5 Å². The second-order valence-electron chi connectivity index (χ2n) is 6.82. The summed E-state index contributed by atoms with van der Waals surface area (Å²) in [7, 11) is 1.83. The van der Waals surface area contributed by atoms with Crippen molar-refractivity contribution in [1.29, 1.82) is 0 Å². The van der Waals surface area contributed by atoms with Crippen LogP contribution in [-0.2, 0) is 4.79 Å². The largest absolute Gasteiger partial charge is 0.351 e. The monoisotopic (exact) mass is 385 g/mol. The molecule has 1 heterocycles. The molecule has 24 heavy (non-hydrogen) atoms. The number of nitrogens with zero attached hydrogens (tertiary/aromatic N) is 1. The van der Waals surface area contributed by atoms with E-state index in [1.54, 1.807) is 17.0 Å². The molecule has 1 unspecified atom stereocenters. The molecule has 0 aromatic heterocycles. The van der Waals surface area contributed by atoms with E-state index in [0.717, 1.165) is 11.3 Å². The van der Waals surface area contributed by atoms with E-state index >= 15 is 0 Å². The van der Waals surface area contributed by atoms with Crippen molar-refractivity contribution in [2.75, 3.05) is 7.05 Å². The predicted molar refractivity (Wildman–Crippen MR) is 103 cm³/mol. The Morgan fingerprint density at radius 1 is 1.29 bits per heavy atom. The van der Waals surface area contributed by atoms with Gasteiger partial charge in [-0.2, -0.15) is 0 Å². The summed E-state index contributed by atoms with van der Waals surface area (Å²) >= 11 is 17.5. The summed E-state index contributed by atoms with van der Waals surface area (Å²) in [5.74, 6) is -0.141. The second-order valence-corrected chi connectivity index (χ2v) is 8.02. The smallest absolute Gasteiger partial charge is 0.251 e. The van der Waals surface area contributed by atoms with Crippen LogP contribution >= 0.6 is 35.4 Å². The molecular formula is C17H21Cl2N3OS. The minimum Gasteiger partial charge on any atom is -0.351 e. The number of halogens is 2. The highest BCUT2D eigenvalue weighted by Crippen LogP contribution is 2.33. The van der Waals surface area contributed by atoms with Crippen LogP contribution < -0.4 is 10.6 Å². The van der Waals surface area contributed by atoms with Crippen molar-refractivity contribution in [2.24, 2.45) is 0 Å². The molecule has 1 aromatic carbocycles. The molecule has 1 atom stereocenters. The molecule has 1 aromatic rings. The molecule has 7 heteroatoms. The number of thiocarbonyl (C=S) groups is 1. The fourth-order valence-corrected chi connectivity index (χ4v) is 3.04. The number of rotatable bonds is 2. The van der Waals surface area contributed by atoms with Gasteiger partial charge in [0, 0.05) is 18.3 Å². The number of allylic oxidation sites excluding steroid dienone is 1. The topological polar surface area (TPSA) is 44.4 Å². The molecule has 0 spiro atoms. The highest BCUT2D eigenvalue weighted by molar-refractivity contribution is 7.80. The van der Waals surface area contributed by atoms with Crippen molar-refractivity contribution < 1.29 is 4.79 Å². The summed E-state index contributed by atoms with van der Waals surface area (Å²) in [6.07, 6.45) is 0. The van der Waals surface area contributed by atoms with Crippen LogP contribution in [0, 0.1) is 0 Å². The lowest BCUT2D eigenvalue weighted by Crippen LogP contribution is -2.50. The van der Waals surface area contributed by atoms with Crippen LogP contribution in [0.25, 0.3) is 0 Å². The number of carbonyl (C=O) groups is 1. The summed E-state index contributed by atoms with van der Waals surface area (Å²) in [4.78, 5) is 14.7. The van der Waals surface area contributed by atoms with Gasteiger partial charge in [0.1, 0.15) is 0 Å². The third-order valence-corrected chi connectivity index (χ3v) is 4.89. The molecule has 0 aliphatic carbocycles. The molecule has 1 aliphatic heterocycles. The average Bonchev–Trinajstić information content (AvgIpc) is 2.45. The van der Waals surface area contributed by atoms with Crippen molar-refractivity contribution in [2.45, 2.75) is 39.3 Å². The molecule has 2 rings (SSSR count). The molecule has 2 N–H and O–H groups in total. The summed E-state index contributed by atoms with van der Waals surface area (Å²) in [5.41, 5.74) is 1.90. The first-order chi connectivity index (χ1) is 11.0. The van der Waals surface area contributed by atoms with E-state index in [0.29, 0.717) is 20.7 Å². The number of nitrogens with one attached hydrogen (secondary N) is 2. The maximum absolute atomic E-state index is 12.9. The van der Waals surface area contributed by atoms with Gasteiger partial charge in [-0.1, -0.05) is 29.3 Å². The van der Waals surface area contributed by atoms with Gasteiger partial charge in [0.05, 0.1) is 21.7 Å². The van der Waals surface area contributed by atoms with E-state index in [2.05, 4.69) is 10.6 Å². The van der Waals surface area contributed by atoms with Crippen LogP contribution in [0.3, 0.4) is 0 Å². The molecule has 0 bridgehead atoms. The highest BCUT2D eigenvalue weighted by atomic mass is 35.5. The molecule has 0 saturated carbocycles. The van der Waals surface area contributed by atoms with E-state index in [-0.39, 0.29) is 17.5 Å². The molecule has 1 aliphatic rings. The van der Waals surface area contributed by atoms with Crippen LogP contribution in [-0.4, -0.2) is 28.5 Å². The lowest BCUT2D eigenvalue weighted by molar-refractivity contribution is -0.119. The van der Waals surface area contributed by atoms with Crippen LogP contribution in [0.15, 0.2) is 29.5 Å². The minimum atomic E-state index is -0.384. The Kier molecular flexibility index (Phi) is 5.47. The van der Waals surface area contributed by atoms with Crippen LogP contribution in [0.4, 0.5) is 0 Å². The van der Waals surface area contributed by atoms with Crippen molar-refractivity contribution in [3.05, 3.63) is 45.1 Å². The Bertz CT molecular complexity index is 725. The lowest BCUT2D eigenvalue weighted by Gasteiger charge is -2.37. The van der Waals surface area contributed by atoms with Crippen molar-refractivity contribution >= 4 is 46.4 Å². The minimum absolute atomic E-state index is 0.141. The second kappa shape index (κ2) is 6.90. The number of hydrogen-bond donors (Lipinski definition) is 2. The van der Waals surface area contributed by atoms with Gasteiger partial charge in [0.25, 0.3) is 5.91 Å². The van der Waals surface area contributed by atoms with Gasteiger partial charge in [0.2, 0.25) is 0 Å². The maximum atomic E-state index is 12.9. The van der Waals surface area contributed by atoms with Gasteiger partial charge < -0.3 is 15.5 Å². The van der Waals surface area contributed by atoms with Gasteiger partial charge in [0.15, 0.2) is 5.11 Å². The first-order valence-electron chi connectivity index (χ1n) is 7.53. The molecular weight excluding hydrogens is 365 g/mol. The van der Waals surface area contributed by atoms with Crippen LogP contribution in [0.5, 0.6) is 0 Å². The molecule has 0 fully saturated rings. The zero-order chi connectivity index (χ0) is 18.2. The normalized spacial score (nSPS) is 18.5. The number of carbonyl (C=O) groups excluding carboxylic acids is 1. The molecule has 0 radical (unpaired) electrons. The van der Waals surface area contributed by atoms with Gasteiger partial charge in [-0.25, -0.2) is 0 Å². The number of amides is 1. The first kappa shape index (κ1) is 19.0. The Balaban J connectivity index is 2.52. The fourth-order valence-electron chi connectivity index (χ4n) is 2.48. The van der Waals surface area contributed by atoms with Crippen LogP contribution in [0.2, 0.25) is 10.0 Å². The van der Waals surface area contributed by atoms with Gasteiger partial charge in [-0.15, -0.1) is 0 Å². The van der Waals surface area contributed by atoms with E-state index in [9.17, 15) is 4.79 Å². The Morgan fingerprint density at radius 3 is 2.46 bits per heavy atom. The summed E-state index contributed by atoms with van der Waals surface area (Å²) in [6.45, 7) is 7.72. The zero-order valence-corrected chi connectivity index (χ0v) is 16.7. The van der Waals surface area contributed by atoms with Gasteiger partial charge in [-0.05, 0) is 57.6 Å². The zero-order valence-electron chi connectivity index (χ0n) is 14.3. The molecule has 0 saturated heterocycles. The Hall–Kier alpha value is -1.30. The van der Waals surface area contributed by atoms with Gasteiger partial charge >= 0.3 is 0 Å². The highest BCUT2D eigenvalue weighted by Gasteiger charge is 2.33. The summed E-state index contributed by atoms with van der Waals surface area (Å²) in [5, 5.41) is 7.69. The molecule has 1 amide bonds. The third kappa shape index (κ3) is 4.02. The van der Waals surface area contributed by atoms with E-state index in [1.807, 2.05) is 40.8 Å². The fraction of sp³-hybridized carbons (Fsp3) is 0.412. The average molecular weight is 386 g/mol. The van der Waals surface area contributed by atoms with E-state index in [4.69, 9.17) is 35.4 Å². The standard InChI is InChI=1S/C17H21Cl2N3OS/c1-9-13(15(23)21-17(2,3)4)14(20-16(24)22(9)5)10-6-7-11(18)12(19)8-10/h6-8,14H,1-5H3,(H,20,24)(H,21,23). The van der Waals surface area contributed by atoms with Crippen molar-refractivity contribution in [3.63, 3.8) is 0 Å². The molecule has 4 nitrogen and oxygen atoms in total.